The highest BCUT2D eigenvalue weighted by Crippen LogP contribution is 2.61. The van der Waals surface area contributed by atoms with Gasteiger partial charge in [-0.2, -0.15) is 0 Å². The van der Waals surface area contributed by atoms with Crippen LogP contribution in [0.5, 0.6) is 0 Å². The van der Waals surface area contributed by atoms with E-state index in [-0.39, 0.29) is 0 Å². The fraction of sp³-hybridized carbons (Fsp3) is 0.471. The Morgan fingerprint density at radius 3 is 2.63 bits per heavy atom. The Kier molecular flexibility index (Phi) is 2.60. The SMILES string of the molecule is Cc1cc(C(=O)O)ccc1C1=CCC2CC1C2(C)C. The number of hydrogen-bond donors (Lipinski definition) is 1. The normalized spacial score (nSPS) is 27.4. The summed E-state index contributed by atoms with van der Waals surface area (Å²) in [5.74, 6) is 0.622. The molecule has 1 saturated carbocycles. The molecule has 1 N–H and O–H groups in total. The Hall–Kier alpha value is -1.57. The lowest BCUT2D eigenvalue weighted by molar-refractivity contribution is 0.0113. The van der Waals surface area contributed by atoms with Gasteiger partial charge in [0.05, 0.1) is 5.56 Å². The molecule has 3 aliphatic carbocycles. The Morgan fingerprint density at radius 1 is 1.37 bits per heavy atom. The van der Waals surface area contributed by atoms with Crippen molar-refractivity contribution >= 4 is 11.5 Å². The van der Waals surface area contributed by atoms with Gasteiger partial charge in [-0.25, -0.2) is 4.79 Å². The number of fused-ring (bicyclic) bond motifs is 1. The van der Waals surface area contributed by atoms with Crippen LogP contribution in [0.3, 0.4) is 0 Å². The van der Waals surface area contributed by atoms with E-state index >= 15 is 0 Å². The molecule has 0 saturated heterocycles. The standard InChI is InChI=1S/C17H20O2/c1-10-8-11(16(18)19)4-6-13(10)14-7-5-12-9-15(14)17(12,2)3/h4,6-8,12,15H,5,9H2,1-3H3,(H,18,19). The molecule has 100 valence electrons. The third-order valence-electron chi connectivity index (χ3n) is 5.25. The predicted octanol–water partition coefficient (Wildman–Crippen LogP) is 4.14. The van der Waals surface area contributed by atoms with Gasteiger partial charge in [-0.05, 0) is 65.8 Å². The third kappa shape index (κ3) is 1.73. The van der Waals surface area contributed by atoms with Crippen molar-refractivity contribution < 1.29 is 9.90 Å². The summed E-state index contributed by atoms with van der Waals surface area (Å²) in [6, 6.07) is 5.50. The first-order chi connectivity index (χ1) is 8.91. The summed E-state index contributed by atoms with van der Waals surface area (Å²) in [5, 5.41) is 9.04. The molecule has 1 fully saturated rings. The van der Waals surface area contributed by atoms with Crippen LogP contribution in [-0.2, 0) is 0 Å². The second-order valence-corrected chi connectivity index (χ2v) is 6.54. The number of carbonyl (C=O) groups is 1. The molecule has 2 heteroatoms. The zero-order chi connectivity index (χ0) is 13.8. The highest BCUT2D eigenvalue weighted by atomic mass is 16.4. The number of aryl methyl sites for hydroxylation is 1. The zero-order valence-electron chi connectivity index (χ0n) is 11.7. The molecule has 1 aromatic rings. The second-order valence-electron chi connectivity index (χ2n) is 6.54. The third-order valence-corrected chi connectivity index (χ3v) is 5.25. The van der Waals surface area contributed by atoms with Gasteiger partial charge in [0.15, 0.2) is 0 Å². The van der Waals surface area contributed by atoms with Crippen molar-refractivity contribution in [1.29, 1.82) is 0 Å². The number of carboxylic acid groups (broad SMARTS) is 1. The fourth-order valence-electron chi connectivity index (χ4n) is 3.77. The van der Waals surface area contributed by atoms with Gasteiger partial charge in [-0.15, -0.1) is 0 Å². The van der Waals surface area contributed by atoms with Crippen LogP contribution in [0.2, 0.25) is 0 Å². The number of allylic oxidation sites excluding steroid dienone is 2. The van der Waals surface area contributed by atoms with Gasteiger partial charge in [0.25, 0.3) is 0 Å². The minimum atomic E-state index is -0.851. The highest BCUT2D eigenvalue weighted by Gasteiger charge is 2.51. The van der Waals surface area contributed by atoms with Crippen molar-refractivity contribution in [3.63, 3.8) is 0 Å². The van der Waals surface area contributed by atoms with Crippen LogP contribution in [0.25, 0.3) is 5.57 Å². The minimum absolute atomic E-state index is 0.378. The average molecular weight is 256 g/mol. The van der Waals surface area contributed by atoms with E-state index < -0.39 is 5.97 Å². The molecule has 0 spiro atoms. The van der Waals surface area contributed by atoms with Crippen molar-refractivity contribution in [3.8, 4) is 0 Å². The molecule has 0 aliphatic heterocycles. The van der Waals surface area contributed by atoms with E-state index in [0.29, 0.717) is 16.9 Å². The molecule has 1 aromatic carbocycles. The van der Waals surface area contributed by atoms with E-state index in [1.165, 1.54) is 24.0 Å². The number of hydrogen-bond acceptors (Lipinski definition) is 1. The first-order valence-electron chi connectivity index (χ1n) is 6.95. The molecule has 2 bridgehead atoms. The molecule has 2 atom stereocenters. The van der Waals surface area contributed by atoms with E-state index in [2.05, 4.69) is 19.9 Å². The summed E-state index contributed by atoms with van der Waals surface area (Å²) >= 11 is 0. The topological polar surface area (TPSA) is 37.3 Å². The van der Waals surface area contributed by atoms with Crippen molar-refractivity contribution in [2.45, 2.75) is 33.6 Å². The van der Waals surface area contributed by atoms with Crippen LogP contribution in [-0.4, -0.2) is 11.1 Å². The van der Waals surface area contributed by atoms with Gasteiger partial charge in [0.1, 0.15) is 0 Å². The van der Waals surface area contributed by atoms with Gasteiger partial charge in [0, 0.05) is 0 Å². The smallest absolute Gasteiger partial charge is 0.335 e. The maximum absolute atomic E-state index is 11.0. The lowest BCUT2D eigenvalue weighted by atomic mass is 9.48. The molecule has 2 nitrogen and oxygen atoms in total. The predicted molar refractivity (Wildman–Crippen MR) is 76.1 cm³/mol. The fourth-order valence-corrected chi connectivity index (χ4v) is 3.77. The molecule has 0 amide bonds. The summed E-state index contributed by atoms with van der Waals surface area (Å²) in [6.45, 7) is 6.74. The van der Waals surface area contributed by atoms with Crippen LogP contribution in [0.15, 0.2) is 24.3 Å². The van der Waals surface area contributed by atoms with Crippen LogP contribution < -0.4 is 0 Å². The lowest BCUT2D eigenvalue weighted by Gasteiger charge is -2.56. The number of aromatic carboxylic acids is 1. The summed E-state index contributed by atoms with van der Waals surface area (Å²) in [4.78, 5) is 11.0. The molecular weight excluding hydrogens is 236 g/mol. The van der Waals surface area contributed by atoms with Crippen LogP contribution in [0, 0.1) is 24.2 Å². The van der Waals surface area contributed by atoms with E-state index in [9.17, 15) is 4.79 Å². The minimum Gasteiger partial charge on any atom is -0.478 e. The van der Waals surface area contributed by atoms with Gasteiger partial charge < -0.3 is 5.11 Å². The van der Waals surface area contributed by atoms with Crippen LogP contribution in [0.4, 0.5) is 0 Å². The number of rotatable bonds is 2. The Balaban J connectivity index is 2.00. The summed E-state index contributed by atoms with van der Waals surface area (Å²) in [7, 11) is 0. The first kappa shape index (κ1) is 12.5. The van der Waals surface area contributed by atoms with E-state index in [1.807, 2.05) is 13.0 Å². The van der Waals surface area contributed by atoms with Crippen LogP contribution in [0.1, 0.15) is 48.2 Å². The van der Waals surface area contributed by atoms with Gasteiger partial charge in [-0.3, -0.25) is 0 Å². The Labute approximate surface area is 114 Å². The van der Waals surface area contributed by atoms with Gasteiger partial charge in [0.2, 0.25) is 0 Å². The van der Waals surface area contributed by atoms with E-state index in [1.54, 1.807) is 12.1 Å². The molecule has 3 aliphatic rings. The van der Waals surface area contributed by atoms with Crippen molar-refractivity contribution in [2.24, 2.45) is 17.3 Å². The maximum Gasteiger partial charge on any atom is 0.335 e. The molecular formula is C17H20O2. The quantitative estimate of drug-likeness (QED) is 0.863. The number of carboxylic acids is 1. The summed E-state index contributed by atoms with van der Waals surface area (Å²) in [6.07, 6.45) is 4.82. The summed E-state index contributed by atoms with van der Waals surface area (Å²) < 4.78 is 0. The molecule has 0 heterocycles. The largest absolute Gasteiger partial charge is 0.478 e. The van der Waals surface area contributed by atoms with Gasteiger partial charge >= 0.3 is 5.97 Å². The van der Waals surface area contributed by atoms with Gasteiger partial charge in [-0.1, -0.05) is 26.0 Å². The monoisotopic (exact) mass is 256 g/mol. The molecule has 4 rings (SSSR count). The van der Waals surface area contributed by atoms with Crippen molar-refractivity contribution in [2.75, 3.05) is 0 Å². The van der Waals surface area contributed by atoms with E-state index in [4.69, 9.17) is 5.11 Å². The Morgan fingerprint density at radius 2 is 2.11 bits per heavy atom. The second kappa shape index (κ2) is 3.96. The summed E-state index contributed by atoms with van der Waals surface area (Å²) in [5.41, 5.74) is 4.53. The zero-order valence-corrected chi connectivity index (χ0v) is 11.7. The van der Waals surface area contributed by atoms with Crippen LogP contribution >= 0.6 is 0 Å². The van der Waals surface area contributed by atoms with Crippen molar-refractivity contribution in [3.05, 3.63) is 41.0 Å². The van der Waals surface area contributed by atoms with Crippen molar-refractivity contribution in [1.82, 2.24) is 0 Å². The van der Waals surface area contributed by atoms with E-state index in [0.717, 1.165) is 11.5 Å². The lowest BCUT2D eigenvalue weighted by Crippen LogP contribution is -2.47. The Bertz CT molecular complexity index is 581. The molecule has 0 aromatic heterocycles. The first-order valence-corrected chi connectivity index (χ1v) is 6.95. The highest BCUT2D eigenvalue weighted by molar-refractivity contribution is 5.88. The maximum atomic E-state index is 11.0. The molecule has 19 heavy (non-hydrogen) atoms. The molecule has 0 radical (unpaired) electrons. The average Bonchev–Trinajstić information content (AvgIpc) is 2.38. The molecule has 2 unspecified atom stereocenters. The number of benzene rings is 1.